The van der Waals surface area contributed by atoms with Crippen LogP contribution in [0, 0.1) is 5.92 Å². The molecule has 0 saturated carbocycles. The van der Waals surface area contributed by atoms with Crippen LogP contribution in [0.2, 0.25) is 0 Å². The number of carbonyl (C=O) groups excluding carboxylic acids is 2. The zero-order chi connectivity index (χ0) is 21.3. The van der Waals surface area contributed by atoms with E-state index >= 15 is 0 Å². The van der Waals surface area contributed by atoms with Crippen LogP contribution < -0.4 is 20.7 Å². The molecule has 1 atom stereocenters. The first-order chi connectivity index (χ1) is 14.5. The number of carbonyl (C=O) groups is 2. The molecule has 2 aromatic rings. The van der Waals surface area contributed by atoms with Gasteiger partial charge < -0.3 is 25.4 Å². The Morgan fingerprint density at radius 2 is 1.80 bits per heavy atom. The van der Waals surface area contributed by atoms with Gasteiger partial charge in [-0.05, 0) is 43.2 Å². The Labute approximate surface area is 177 Å². The molecule has 2 amide bonds. The van der Waals surface area contributed by atoms with Crippen LogP contribution in [-0.2, 0) is 14.3 Å². The number of anilines is 3. The normalized spacial score (nSPS) is 15.6. The van der Waals surface area contributed by atoms with Crippen molar-refractivity contribution in [2.45, 2.75) is 32.8 Å². The van der Waals surface area contributed by atoms with Crippen LogP contribution in [0.15, 0.2) is 48.5 Å². The Hall–Kier alpha value is -3.06. The van der Waals surface area contributed by atoms with Crippen LogP contribution in [0.25, 0.3) is 0 Å². The first kappa shape index (κ1) is 21.6. The topological polar surface area (TPSA) is 88.7 Å². The molecular formula is C23H29N3O4. The van der Waals surface area contributed by atoms with Gasteiger partial charge in [-0.15, -0.1) is 0 Å². The van der Waals surface area contributed by atoms with Crippen LogP contribution in [0.5, 0.6) is 5.75 Å². The molecule has 7 heteroatoms. The highest BCUT2D eigenvalue weighted by atomic mass is 16.5. The van der Waals surface area contributed by atoms with Gasteiger partial charge in [0.2, 0.25) is 11.8 Å². The second kappa shape index (κ2) is 10.6. The first-order valence-corrected chi connectivity index (χ1v) is 10.3. The van der Waals surface area contributed by atoms with Gasteiger partial charge in [-0.25, -0.2) is 0 Å². The highest BCUT2D eigenvalue weighted by Gasteiger charge is 2.16. The second-order valence-corrected chi connectivity index (χ2v) is 7.60. The summed E-state index contributed by atoms with van der Waals surface area (Å²) in [5, 5.41) is 8.78. The lowest BCUT2D eigenvalue weighted by atomic mass is 10.2. The van der Waals surface area contributed by atoms with Crippen molar-refractivity contribution in [1.82, 2.24) is 0 Å². The minimum Gasteiger partial charge on any atom is -0.491 e. The number of rotatable bonds is 9. The van der Waals surface area contributed by atoms with Gasteiger partial charge >= 0.3 is 0 Å². The number of amides is 2. The molecule has 0 aliphatic carbocycles. The average molecular weight is 412 g/mol. The maximum atomic E-state index is 12.3. The molecule has 1 fully saturated rings. The van der Waals surface area contributed by atoms with Gasteiger partial charge in [-0.2, -0.15) is 0 Å². The average Bonchev–Trinajstić information content (AvgIpc) is 3.25. The van der Waals surface area contributed by atoms with Crippen molar-refractivity contribution in [1.29, 1.82) is 0 Å². The largest absolute Gasteiger partial charge is 0.491 e. The fraction of sp³-hybridized carbons (Fsp3) is 0.391. The Kier molecular flexibility index (Phi) is 7.68. The van der Waals surface area contributed by atoms with E-state index in [9.17, 15) is 9.59 Å². The Bertz CT molecular complexity index is 863. The molecule has 30 heavy (non-hydrogen) atoms. The van der Waals surface area contributed by atoms with Gasteiger partial charge in [0.05, 0.1) is 12.6 Å². The van der Waals surface area contributed by atoms with E-state index in [4.69, 9.17) is 9.47 Å². The van der Waals surface area contributed by atoms with Crippen LogP contribution in [0.4, 0.5) is 17.1 Å². The predicted octanol–water partition coefficient (Wildman–Crippen LogP) is 3.89. The number of benzene rings is 2. The second-order valence-electron chi connectivity index (χ2n) is 7.60. The molecule has 0 radical (unpaired) electrons. The number of nitrogens with one attached hydrogen (secondary N) is 3. The van der Waals surface area contributed by atoms with Crippen LogP contribution >= 0.6 is 0 Å². The van der Waals surface area contributed by atoms with E-state index in [1.165, 1.54) is 0 Å². The van der Waals surface area contributed by atoms with Gasteiger partial charge in [0.25, 0.3) is 0 Å². The van der Waals surface area contributed by atoms with Gasteiger partial charge in [-0.1, -0.05) is 26.0 Å². The van der Waals surface area contributed by atoms with Crippen molar-refractivity contribution in [3.05, 3.63) is 48.5 Å². The monoisotopic (exact) mass is 411 g/mol. The third-order valence-corrected chi connectivity index (χ3v) is 4.69. The van der Waals surface area contributed by atoms with E-state index in [-0.39, 0.29) is 30.4 Å². The minimum atomic E-state index is -0.178. The summed E-state index contributed by atoms with van der Waals surface area (Å²) in [5.41, 5.74) is 2.11. The Morgan fingerprint density at radius 1 is 1.07 bits per heavy atom. The van der Waals surface area contributed by atoms with E-state index < -0.39 is 0 Å². The Balaban J connectivity index is 1.47. The maximum Gasteiger partial charge on any atom is 0.243 e. The van der Waals surface area contributed by atoms with Crippen molar-refractivity contribution in [2.24, 2.45) is 5.92 Å². The highest BCUT2D eigenvalue weighted by Crippen LogP contribution is 2.20. The van der Waals surface area contributed by atoms with Crippen molar-refractivity contribution >= 4 is 28.9 Å². The molecule has 0 spiro atoms. The van der Waals surface area contributed by atoms with E-state index in [0.29, 0.717) is 23.7 Å². The van der Waals surface area contributed by atoms with Crippen molar-refractivity contribution in [2.75, 3.05) is 35.7 Å². The summed E-state index contributed by atoms with van der Waals surface area (Å²) in [6.07, 6.45) is 2.24. The third-order valence-electron chi connectivity index (χ3n) is 4.69. The van der Waals surface area contributed by atoms with Gasteiger partial charge in [0.1, 0.15) is 12.4 Å². The third kappa shape index (κ3) is 6.77. The van der Waals surface area contributed by atoms with Crippen LogP contribution in [0.1, 0.15) is 26.7 Å². The molecular weight excluding hydrogens is 382 g/mol. The molecule has 2 aromatic carbocycles. The quantitative estimate of drug-likeness (QED) is 0.583. The SMILES string of the molecule is CC(C)C(=O)Nc1cccc(NCC(=O)Nc2cccc(OCC3CCCO3)c2)c1. The number of hydrogen-bond acceptors (Lipinski definition) is 5. The van der Waals surface area contributed by atoms with E-state index in [2.05, 4.69) is 16.0 Å². The highest BCUT2D eigenvalue weighted by molar-refractivity contribution is 5.94. The molecule has 1 aliphatic heterocycles. The van der Waals surface area contributed by atoms with Crippen molar-refractivity contribution in [3.63, 3.8) is 0 Å². The number of hydrogen-bond donors (Lipinski definition) is 3. The zero-order valence-electron chi connectivity index (χ0n) is 17.4. The number of ether oxygens (including phenoxy) is 2. The molecule has 1 unspecified atom stereocenters. The molecule has 7 nitrogen and oxygen atoms in total. The summed E-state index contributed by atoms with van der Waals surface area (Å²) in [7, 11) is 0. The molecule has 1 heterocycles. The summed E-state index contributed by atoms with van der Waals surface area (Å²) < 4.78 is 11.3. The van der Waals surface area contributed by atoms with Gasteiger partial charge in [-0.3, -0.25) is 9.59 Å². The molecule has 3 N–H and O–H groups in total. The lowest BCUT2D eigenvalue weighted by molar-refractivity contribution is -0.119. The summed E-state index contributed by atoms with van der Waals surface area (Å²) >= 11 is 0. The molecule has 0 bridgehead atoms. The van der Waals surface area contributed by atoms with Gasteiger partial charge in [0.15, 0.2) is 0 Å². The molecule has 1 saturated heterocycles. The van der Waals surface area contributed by atoms with Crippen LogP contribution in [0.3, 0.4) is 0 Å². The van der Waals surface area contributed by atoms with E-state index in [1.807, 2.05) is 50.2 Å². The molecule has 0 aromatic heterocycles. The lowest BCUT2D eigenvalue weighted by Gasteiger charge is -2.13. The molecule has 160 valence electrons. The lowest BCUT2D eigenvalue weighted by Crippen LogP contribution is -2.22. The van der Waals surface area contributed by atoms with E-state index in [0.717, 1.165) is 25.1 Å². The summed E-state index contributed by atoms with van der Waals surface area (Å²) in [4.78, 5) is 24.1. The standard InChI is InChI=1S/C23H29N3O4/c1-16(2)23(28)26-18-7-3-6-17(12-18)24-14-22(27)25-19-8-4-9-20(13-19)30-15-21-10-5-11-29-21/h3-4,6-9,12-13,16,21,24H,5,10-11,14-15H2,1-2H3,(H,25,27)(H,26,28). The predicted molar refractivity (Wildman–Crippen MR) is 118 cm³/mol. The summed E-state index contributed by atoms with van der Waals surface area (Å²) in [5.74, 6) is 0.372. The minimum absolute atomic E-state index is 0.0495. The Morgan fingerprint density at radius 3 is 2.53 bits per heavy atom. The maximum absolute atomic E-state index is 12.3. The molecule has 3 rings (SSSR count). The fourth-order valence-electron chi connectivity index (χ4n) is 3.01. The summed E-state index contributed by atoms with van der Waals surface area (Å²) in [6, 6.07) is 14.6. The van der Waals surface area contributed by atoms with Crippen molar-refractivity contribution < 1.29 is 19.1 Å². The summed E-state index contributed by atoms with van der Waals surface area (Å²) in [6.45, 7) is 5.09. The van der Waals surface area contributed by atoms with Crippen LogP contribution in [-0.4, -0.2) is 37.7 Å². The zero-order valence-corrected chi connectivity index (χ0v) is 17.4. The molecule has 1 aliphatic rings. The van der Waals surface area contributed by atoms with Gasteiger partial charge in [0, 0.05) is 35.7 Å². The first-order valence-electron chi connectivity index (χ1n) is 10.3. The smallest absolute Gasteiger partial charge is 0.243 e. The van der Waals surface area contributed by atoms with E-state index in [1.54, 1.807) is 12.1 Å². The van der Waals surface area contributed by atoms with Crippen molar-refractivity contribution in [3.8, 4) is 5.75 Å². The fourth-order valence-corrected chi connectivity index (χ4v) is 3.01.